The van der Waals surface area contributed by atoms with E-state index >= 15 is 0 Å². The lowest BCUT2D eigenvalue weighted by molar-refractivity contribution is -0.131. The number of hydrogen-bond acceptors (Lipinski definition) is 3. The van der Waals surface area contributed by atoms with Gasteiger partial charge in [0.1, 0.15) is 5.75 Å². The average molecular weight is 296 g/mol. The van der Waals surface area contributed by atoms with E-state index in [0.717, 1.165) is 18.4 Å². The molecule has 0 aliphatic heterocycles. The third-order valence-electron chi connectivity index (χ3n) is 3.37. The number of ether oxygens (including phenoxy) is 1. The Bertz CT molecular complexity index is 657. The molecule has 0 aliphatic rings. The van der Waals surface area contributed by atoms with Gasteiger partial charge in [0.2, 0.25) is 0 Å². The number of Topliss-reactive ketones (excluding diaryl/α,β-unsaturated/α-hetero) is 1. The molecule has 3 nitrogen and oxygen atoms in total. The first-order chi connectivity index (χ1) is 10.6. The van der Waals surface area contributed by atoms with Crippen LogP contribution >= 0.6 is 0 Å². The number of carbonyl (C=O) groups is 2. The zero-order valence-corrected chi connectivity index (χ0v) is 13.0. The van der Waals surface area contributed by atoms with E-state index in [1.54, 1.807) is 24.3 Å². The van der Waals surface area contributed by atoms with Crippen LogP contribution in [-0.2, 0) is 17.6 Å². The molecule has 0 saturated carbocycles. The van der Waals surface area contributed by atoms with Crippen molar-refractivity contribution in [3.8, 4) is 5.75 Å². The Morgan fingerprint density at radius 1 is 0.955 bits per heavy atom. The Hall–Kier alpha value is -2.42. The minimum atomic E-state index is -0.427. The Morgan fingerprint density at radius 3 is 2.23 bits per heavy atom. The van der Waals surface area contributed by atoms with Crippen molar-refractivity contribution in [2.45, 2.75) is 33.1 Å². The van der Waals surface area contributed by atoms with Gasteiger partial charge < -0.3 is 4.74 Å². The summed E-state index contributed by atoms with van der Waals surface area (Å²) in [7, 11) is 0. The van der Waals surface area contributed by atoms with Gasteiger partial charge in [-0.2, -0.15) is 0 Å². The molecule has 0 aliphatic carbocycles. The van der Waals surface area contributed by atoms with Crippen LogP contribution in [0.4, 0.5) is 0 Å². The smallest absolute Gasteiger partial charge is 0.308 e. The predicted octanol–water partition coefficient (Wildman–Crippen LogP) is 3.99. The topological polar surface area (TPSA) is 43.4 Å². The molecule has 0 atom stereocenters. The summed E-state index contributed by atoms with van der Waals surface area (Å²) in [6, 6.07) is 14.9. The van der Waals surface area contributed by atoms with Gasteiger partial charge in [-0.15, -0.1) is 0 Å². The first-order valence-electron chi connectivity index (χ1n) is 7.48. The molecule has 3 heteroatoms. The van der Waals surface area contributed by atoms with Crippen molar-refractivity contribution in [1.29, 1.82) is 0 Å². The van der Waals surface area contributed by atoms with Gasteiger partial charge in [-0.25, -0.2) is 0 Å². The number of esters is 1. The van der Waals surface area contributed by atoms with E-state index in [1.807, 2.05) is 12.1 Å². The molecule has 2 aromatic carbocycles. The second-order valence-corrected chi connectivity index (χ2v) is 5.26. The van der Waals surface area contributed by atoms with Gasteiger partial charge in [0, 0.05) is 13.3 Å². The first-order valence-corrected chi connectivity index (χ1v) is 7.48. The fraction of sp³-hybridized carbons (Fsp3) is 0.263. The van der Waals surface area contributed by atoms with Crippen molar-refractivity contribution in [2.24, 2.45) is 0 Å². The van der Waals surface area contributed by atoms with Crippen LogP contribution in [0.25, 0.3) is 0 Å². The molecule has 0 amide bonds. The SMILES string of the molecule is CCCc1ccc(CC(=O)c2ccccc2OC(C)=O)cc1. The zero-order chi connectivity index (χ0) is 15.9. The third-order valence-corrected chi connectivity index (χ3v) is 3.37. The summed E-state index contributed by atoms with van der Waals surface area (Å²) in [5, 5.41) is 0. The Morgan fingerprint density at radius 2 is 1.59 bits per heavy atom. The quantitative estimate of drug-likeness (QED) is 0.460. The largest absolute Gasteiger partial charge is 0.426 e. The van der Waals surface area contributed by atoms with E-state index in [9.17, 15) is 9.59 Å². The summed E-state index contributed by atoms with van der Waals surface area (Å²) in [5.74, 6) is -0.160. The predicted molar refractivity (Wildman–Crippen MR) is 86.2 cm³/mol. The highest BCUT2D eigenvalue weighted by molar-refractivity contribution is 6.00. The van der Waals surface area contributed by atoms with E-state index in [-0.39, 0.29) is 5.78 Å². The van der Waals surface area contributed by atoms with Crippen LogP contribution in [0.3, 0.4) is 0 Å². The van der Waals surface area contributed by atoms with E-state index in [0.29, 0.717) is 17.7 Å². The summed E-state index contributed by atoms with van der Waals surface area (Å²) in [6.45, 7) is 3.47. The summed E-state index contributed by atoms with van der Waals surface area (Å²) in [5.41, 5.74) is 2.68. The van der Waals surface area contributed by atoms with Crippen LogP contribution < -0.4 is 4.74 Å². The summed E-state index contributed by atoms with van der Waals surface area (Å²) < 4.78 is 5.10. The van der Waals surface area contributed by atoms with E-state index in [2.05, 4.69) is 19.1 Å². The normalized spacial score (nSPS) is 10.3. The fourth-order valence-corrected chi connectivity index (χ4v) is 2.33. The first kappa shape index (κ1) is 16.0. The minimum absolute atomic E-state index is 0.0555. The molecule has 0 heterocycles. The third kappa shape index (κ3) is 4.29. The molecule has 0 radical (unpaired) electrons. The molecular weight excluding hydrogens is 276 g/mol. The van der Waals surface area contributed by atoms with Crippen LogP contribution in [0.5, 0.6) is 5.75 Å². The number of ketones is 1. The zero-order valence-electron chi connectivity index (χ0n) is 13.0. The van der Waals surface area contributed by atoms with E-state index < -0.39 is 5.97 Å². The molecule has 0 bridgehead atoms. The van der Waals surface area contributed by atoms with Crippen molar-refractivity contribution in [3.63, 3.8) is 0 Å². The maximum atomic E-state index is 12.4. The number of aryl methyl sites for hydroxylation is 1. The monoisotopic (exact) mass is 296 g/mol. The minimum Gasteiger partial charge on any atom is -0.426 e. The second kappa shape index (κ2) is 7.55. The summed E-state index contributed by atoms with van der Waals surface area (Å²) in [6.07, 6.45) is 2.45. The van der Waals surface area contributed by atoms with Gasteiger partial charge in [0.15, 0.2) is 5.78 Å². The van der Waals surface area contributed by atoms with Crippen LogP contribution in [-0.4, -0.2) is 11.8 Å². The molecule has 114 valence electrons. The molecule has 2 rings (SSSR count). The van der Waals surface area contributed by atoms with Crippen molar-refractivity contribution in [3.05, 3.63) is 65.2 Å². The second-order valence-electron chi connectivity index (χ2n) is 5.26. The highest BCUT2D eigenvalue weighted by atomic mass is 16.5. The van der Waals surface area contributed by atoms with Gasteiger partial charge in [0.05, 0.1) is 5.56 Å². The number of carbonyl (C=O) groups excluding carboxylic acids is 2. The van der Waals surface area contributed by atoms with Gasteiger partial charge in [-0.1, -0.05) is 49.7 Å². The van der Waals surface area contributed by atoms with E-state index in [4.69, 9.17) is 4.74 Å². The Kier molecular flexibility index (Phi) is 5.48. The van der Waals surface area contributed by atoms with Crippen molar-refractivity contribution in [1.82, 2.24) is 0 Å². The lowest BCUT2D eigenvalue weighted by Gasteiger charge is -2.08. The van der Waals surface area contributed by atoms with Gasteiger partial charge in [0.25, 0.3) is 0 Å². The number of rotatable bonds is 6. The molecule has 22 heavy (non-hydrogen) atoms. The van der Waals surface area contributed by atoms with E-state index in [1.165, 1.54) is 12.5 Å². The average Bonchev–Trinajstić information content (AvgIpc) is 2.49. The van der Waals surface area contributed by atoms with Crippen molar-refractivity contribution < 1.29 is 14.3 Å². The molecular formula is C19H20O3. The highest BCUT2D eigenvalue weighted by Crippen LogP contribution is 2.20. The molecule has 0 aromatic heterocycles. The molecule has 0 N–H and O–H groups in total. The summed E-state index contributed by atoms with van der Waals surface area (Å²) in [4.78, 5) is 23.5. The Labute approximate surface area is 130 Å². The number of hydrogen-bond donors (Lipinski definition) is 0. The standard InChI is InChI=1S/C19H20O3/c1-3-6-15-9-11-16(12-10-15)13-18(21)17-7-4-5-8-19(17)22-14(2)20/h4-5,7-12H,3,6,13H2,1-2H3. The molecule has 0 saturated heterocycles. The van der Waals surface area contributed by atoms with Crippen molar-refractivity contribution in [2.75, 3.05) is 0 Å². The maximum absolute atomic E-state index is 12.4. The number of benzene rings is 2. The molecule has 0 spiro atoms. The Balaban J connectivity index is 2.13. The van der Waals surface area contributed by atoms with Gasteiger partial charge >= 0.3 is 5.97 Å². The van der Waals surface area contributed by atoms with Crippen molar-refractivity contribution >= 4 is 11.8 Å². The van der Waals surface area contributed by atoms with Gasteiger partial charge in [-0.3, -0.25) is 9.59 Å². The summed E-state index contributed by atoms with van der Waals surface area (Å²) >= 11 is 0. The lowest BCUT2D eigenvalue weighted by Crippen LogP contribution is -2.09. The number of para-hydroxylation sites is 1. The lowest BCUT2D eigenvalue weighted by atomic mass is 10.0. The maximum Gasteiger partial charge on any atom is 0.308 e. The highest BCUT2D eigenvalue weighted by Gasteiger charge is 2.14. The molecule has 0 fully saturated rings. The van der Waals surface area contributed by atoms with Gasteiger partial charge in [-0.05, 0) is 29.7 Å². The van der Waals surface area contributed by atoms with Crippen LogP contribution in [0.1, 0.15) is 41.8 Å². The van der Waals surface area contributed by atoms with Crippen LogP contribution in [0.15, 0.2) is 48.5 Å². The fourth-order valence-electron chi connectivity index (χ4n) is 2.33. The molecule has 0 unspecified atom stereocenters. The van der Waals surface area contributed by atoms with Crippen LogP contribution in [0, 0.1) is 0 Å². The van der Waals surface area contributed by atoms with Crippen LogP contribution in [0.2, 0.25) is 0 Å². The molecule has 2 aromatic rings.